The molecule has 0 bridgehead atoms. The van der Waals surface area contributed by atoms with Gasteiger partial charge < -0.3 is 20.7 Å². The van der Waals surface area contributed by atoms with Crippen LogP contribution >= 0.6 is 0 Å². The standard InChI is InChI=1S/C21H25N3O5S/c1-29-19-8-2-15(3-9-19)10-12-22-20(25)16-4-6-17(7-5-16)23-21(26)24-18-11-13-30(27,28)14-18/h2-9,18H,10-14H2,1H3,(H,22,25)(H2,23,24,26). The van der Waals surface area contributed by atoms with Gasteiger partial charge in [0.1, 0.15) is 5.75 Å². The number of amides is 3. The quantitative estimate of drug-likeness (QED) is 0.620. The van der Waals surface area contributed by atoms with Crippen molar-refractivity contribution in [3.63, 3.8) is 0 Å². The smallest absolute Gasteiger partial charge is 0.319 e. The molecule has 1 aliphatic rings. The van der Waals surface area contributed by atoms with Crippen molar-refractivity contribution in [2.45, 2.75) is 18.9 Å². The third kappa shape index (κ3) is 6.21. The van der Waals surface area contributed by atoms with Crippen molar-refractivity contribution in [3.05, 3.63) is 59.7 Å². The Hall–Kier alpha value is -3.07. The maximum atomic E-state index is 12.3. The van der Waals surface area contributed by atoms with Crippen LogP contribution in [0.2, 0.25) is 0 Å². The molecule has 0 aromatic heterocycles. The Bertz CT molecular complexity index is 988. The van der Waals surface area contributed by atoms with Gasteiger partial charge in [-0.3, -0.25) is 4.79 Å². The fourth-order valence-electron chi connectivity index (χ4n) is 3.18. The van der Waals surface area contributed by atoms with Gasteiger partial charge >= 0.3 is 6.03 Å². The Balaban J connectivity index is 1.43. The summed E-state index contributed by atoms with van der Waals surface area (Å²) in [5.74, 6) is 0.658. The highest BCUT2D eigenvalue weighted by atomic mass is 32.2. The normalized spacial score (nSPS) is 17.2. The first-order valence-corrected chi connectivity index (χ1v) is 11.5. The van der Waals surface area contributed by atoms with E-state index >= 15 is 0 Å². The Morgan fingerprint density at radius 1 is 1.07 bits per heavy atom. The average Bonchev–Trinajstić information content (AvgIpc) is 3.07. The molecule has 1 aliphatic heterocycles. The molecule has 0 radical (unpaired) electrons. The van der Waals surface area contributed by atoms with Crippen LogP contribution in [0.15, 0.2) is 48.5 Å². The molecule has 30 heavy (non-hydrogen) atoms. The molecule has 2 aromatic rings. The van der Waals surface area contributed by atoms with E-state index in [1.54, 1.807) is 31.4 Å². The van der Waals surface area contributed by atoms with Crippen molar-refractivity contribution >= 4 is 27.5 Å². The summed E-state index contributed by atoms with van der Waals surface area (Å²) in [5, 5.41) is 8.17. The lowest BCUT2D eigenvalue weighted by atomic mass is 10.1. The highest BCUT2D eigenvalue weighted by Gasteiger charge is 2.28. The molecule has 2 aromatic carbocycles. The van der Waals surface area contributed by atoms with Crippen LogP contribution in [0.5, 0.6) is 5.75 Å². The second-order valence-corrected chi connectivity index (χ2v) is 9.36. The molecular weight excluding hydrogens is 406 g/mol. The Kier molecular flexibility index (Phi) is 6.94. The summed E-state index contributed by atoms with van der Waals surface area (Å²) in [6.07, 6.45) is 1.12. The molecule has 1 saturated heterocycles. The predicted molar refractivity (Wildman–Crippen MR) is 115 cm³/mol. The minimum Gasteiger partial charge on any atom is -0.497 e. The summed E-state index contributed by atoms with van der Waals surface area (Å²) in [5.41, 5.74) is 2.09. The van der Waals surface area contributed by atoms with E-state index in [0.717, 1.165) is 11.3 Å². The van der Waals surface area contributed by atoms with Gasteiger partial charge in [0.05, 0.1) is 18.6 Å². The number of urea groups is 1. The number of hydrogen-bond donors (Lipinski definition) is 3. The van der Waals surface area contributed by atoms with Crippen LogP contribution in [-0.4, -0.2) is 51.6 Å². The zero-order chi connectivity index (χ0) is 21.6. The molecule has 0 saturated carbocycles. The summed E-state index contributed by atoms with van der Waals surface area (Å²) in [7, 11) is -1.43. The molecule has 3 rings (SSSR count). The molecule has 0 aliphatic carbocycles. The lowest BCUT2D eigenvalue weighted by Crippen LogP contribution is -2.38. The molecule has 3 amide bonds. The molecule has 1 fully saturated rings. The maximum absolute atomic E-state index is 12.3. The molecule has 0 spiro atoms. The zero-order valence-corrected chi connectivity index (χ0v) is 17.5. The highest BCUT2D eigenvalue weighted by Crippen LogP contribution is 2.14. The van der Waals surface area contributed by atoms with Crippen molar-refractivity contribution in [2.75, 3.05) is 30.5 Å². The minimum atomic E-state index is -3.05. The van der Waals surface area contributed by atoms with E-state index < -0.39 is 15.9 Å². The Labute approximate surface area is 175 Å². The molecule has 1 heterocycles. The maximum Gasteiger partial charge on any atom is 0.319 e. The van der Waals surface area contributed by atoms with Gasteiger partial charge in [-0.25, -0.2) is 13.2 Å². The van der Waals surface area contributed by atoms with Crippen molar-refractivity contribution in [1.82, 2.24) is 10.6 Å². The van der Waals surface area contributed by atoms with Crippen LogP contribution in [-0.2, 0) is 16.3 Å². The van der Waals surface area contributed by atoms with E-state index in [1.807, 2.05) is 24.3 Å². The lowest BCUT2D eigenvalue weighted by molar-refractivity contribution is 0.0954. The number of benzene rings is 2. The fraction of sp³-hybridized carbons (Fsp3) is 0.333. The summed E-state index contributed by atoms with van der Waals surface area (Å²) >= 11 is 0. The number of carbonyl (C=O) groups is 2. The first-order valence-electron chi connectivity index (χ1n) is 9.64. The van der Waals surface area contributed by atoms with Crippen LogP contribution in [0.4, 0.5) is 10.5 Å². The summed E-state index contributed by atoms with van der Waals surface area (Å²) in [4.78, 5) is 24.3. The average molecular weight is 432 g/mol. The lowest BCUT2D eigenvalue weighted by Gasteiger charge is -2.12. The van der Waals surface area contributed by atoms with Gasteiger partial charge in [0.25, 0.3) is 5.91 Å². The summed E-state index contributed by atoms with van der Waals surface area (Å²) < 4.78 is 28.0. The van der Waals surface area contributed by atoms with E-state index in [9.17, 15) is 18.0 Å². The van der Waals surface area contributed by atoms with E-state index in [1.165, 1.54) is 0 Å². The molecule has 1 atom stereocenters. The number of anilines is 1. The van der Waals surface area contributed by atoms with E-state index in [2.05, 4.69) is 16.0 Å². The number of sulfone groups is 1. The number of hydrogen-bond acceptors (Lipinski definition) is 5. The van der Waals surface area contributed by atoms with Gasteiger partial charge in [-0.2, -0.15) is 0 Å². The van der Waals surface area contributed by atoms with Crippen molar-refractivity contribution < 1.29 is 22.7 Å². The topological polar surface area (TPSA) is 114 Å². The second-order valence-electron chi connectivity index (χ2n) is 7.13. The number of ether oxygens (including phenoxy) is 1. The van der Waals surface area contributed by atoms with Gasteiger partial charge in [-0.1, -0.05) is 12.1 Å². The van der Waals surface area contributed by atoms with Crippen molar-refractivity contribution in [2.24, 2.45) is 0 Å². The Morgan fingerprint density at radius 3 is 2.37 bits per heavy atom. The van der Waals surface area contributed by atoms with Gasteiger partial charge in [0.2, 0.25) is 0 Å². The first kappa shape index (κ1) is 21.6. The van der Waals surface area contributed by atoms with Gasteiger partial charge in [0, 0.05) is 23.8 Å². The second kappa shape index (κ2) is 9.62. The van der Waals surface area contributed by atoms with E-state index in [-0.39, 0.29) is 23.5 Å². The van der Waals surface area contributed by atoms with Crippen LogP contribution < -0.4 is 20.7 Å². The van der Waals surface area contributed by atoms with Crippen molar-refractivity contribution in [3.8, 4) is 5.75 Å². The summed E-state index contributed by atoms with van der Waals surface area (Å²) in [6, 6.07) is 13.3. The largest absolute Gasteiger partial charge is 0.497 e. The number of nitrogens with one attached hydrogen (secondary N) is 3. The van der Waals surface area contributed by atoms with Crippen LogP contribution in [0.1, 0.15) is 22.3 Å². The van der Waals surface area contributed by atoms with Gasteiger partial charge in [-0.15, -0.1) is 0 Å². The minimum absolute atomic E-state index is 0.0317. The zero-order valence-electron chi connectivity index (χ0n) is 16.7. The van der Waals surface area contributed by atoms with Crippen LogP contribution in [0, 0.1) is 0 Å². The van der Waals surface area contributed by atoms with E-state index in [4.69, 9.17) is 4.74 Å². The first-order chi connectivity index (χ1) is 14.3. The van der Waals surface area contributed by atoms with E-state index in [0.29, 0.717) is 30.6 Å². The van der Waals surface area contributed by atoms with Crippen LogP contribution in [0.25, 0.3) is 0 Å². The third-order valence-electron chi connectivity index (χ3n) is 4.83. The predicted octanol–water partition coefficient (Wildman–Crippen LogP) is 1.98. The fourth-order valence-corrected chi connectivity index (χ4v) is 4.85. The number of methoxy groups -OCH3 is 1. The molecule has 1 unspecified atom stereocenters. The highest BCUT2D eigenvalue weighted by molar-refractivity contribution is 7.91. The third-order valence-corrected chi connectivity index (χ3v) is 6.60. The monoisotopic (exact) mass is 431 g/mol. The Morgan fingerprint density at radius 2 is 1.77 bits per heavy atom. The molecule has 9 heteroatoms. The number of rotatable bonds is 7. The number of carbonyl (C=O) groups excluding carboxylic acids is 2. The molecular formula is C21H25N3O5S. The van der Waals surface area contributed by atoms with Gasteiger partial charge in [0.15, 0.2) is 9.84 Å². The van der Waals surface area contributed by atoms with Crippen LogP contribution in [0.3, 0.4) is 0 Å². The molecule has 160 valence electrons. The molecule has 8 nitrogen and oxygen atoms in total. The SMILES string of the molecule is COc1ccc(CCNC(=O)c2ccc(NC(=O)NC3CCS(=O)(=O)C3)cc2)cc1. The van der Waals surface area contributed by atoms with Crippen molar-refractivity contribution in [1.29, 1.82) is 0 Å². The van der Waals surface area contributed by atoms with Gasteiger partial charge in [-0.05, 0) is 54.8 Å². The molecule has 3 N–H and O–H groups in total. The summed E-state index contributed by atoms with van der Waals surface area (Å²) in [6.45, 7) is 0.498.